The number of nitrogens with zero attached hydrogens (tertiary/aromatic N) is 2. The summed E-state index contributed by atoms with van der Waals surface area (Å²) in [6, 6.07) is 7.56. The number of likely N-dealkylation sites (N-methyl/N-ethyl adjacent to an activating group) is 1. The maximum atomic E-state index is 12.3. The largest absolute Gasteiger partial charge is 0.490 e. The molecule has 0 saturated carbocycles. The van der Waals surface area contributed by atoms with Crippen molar-refractivity contribution in [1.29, 1.82) is 0 Å². The molecule has 0 fully saturated rings. The predicted molar refractivity (Wildman–Crippen MR) is 87.1 cm³/mol. The third-order valence-corrected chi connectivity index (χ3v) is 3.59. The minimum absolute atomic E-state index is 0.110. The first-order valence-electron chi connectivity index (χ1n) is 7.24. The summed E-state index contributed by atoms with van der Waals surface area (Å²) >= 11 is 0. The monoisotopic (exact) mass is 333 g/mol. The van der Waals surface area contributed by atoms with Crippen LogP contribution in [0.5, 0.6) is 5.75 Å². The minimum Gasteiger partial charge on any atom is -0.490 e. The number of ether oxygens (including phenoxy) is 1. The number of nitro benzene ring substituents is 1. The molecular formula is C16H19N3O5. The van der Waals surface area contributed by atoms with Crippen molar-refractivity contribution < 1.29 is 18.9 Å². The van der Waals surface area contributed by atoms with Crippen LogP contribution in [0, 0.1) is 10.1 Å². The Morgan fingerprint density at radius 1 is 1.42 bits per heavy atom. The van der Waals surface area contributed by atoms with E-state index in [1.54, 1.807) is 12.3 Å². The molecule has 0 aliphatic carbocycles. The highest BCUT2D eigenvalue weighted by Gasteiger charge is 2.21. The summed E-state index contributed by atoms with van der Waals surface area (Å²) in [5.74, 6) is 0.429. The van der Waals surface area contributed by atoms with Crippen LogP contribution in [0.4, 0.5) is 5.69 Å². The van der Waals surface area contributed by atoms with Gasteiger partial charge in [0.05, 0.1) is 24.3 Å². The van der Waals surface area contributed by atoms with Crippen LogP contribution < -0.4 is 10.1 Å². The van der Waals surface area contributed by atoms with Crippen LogP contribution in [-0.2, 0) is 0 Å². The first-order chi connectivity index (χ1) is 11.4. The third-order valence-electron chi connectivity index (χ3n) is 3.59. The lowest BCUT2D eigenvalue weighted by Crippen LogP contribution is -2.34. The normalized spacial score (nSPS) is 12.0. The molecule has 0 saturated heterocycles. The summed E-state index contributed by atoms with van der Waals surface area (Å²) in [4.78, 5) is 24.7. The minimum atomic E-state index is -0.582. The van der Waals surface area contributed by atoms with Gasteiger partial charge in [-0.1, -0.05) is 0 Å². The predicted octanol–water partition coefficient (Wildman–Crippen LogP) is 2.23. The van der Waals surface area contributed by atoms with Gasteiger partial charge in [0.25, 0.3) is 5.91 Å². The number of hydrogen-bond donors (Lipinski definition) is 1. The maximum Gasteiger partial charge on any atom is 0.311 e. The fourth-order valence-corrected chi connectivity index (χ4v) is 2.28. The Labute approximate surface area is 139 Å². The fourth-order valence-electron chi connectivity index (χ4n) is 2.28. The van der Waals surface area contributed by atoms with E-state index < -0.39 is 10.8 Å². The summed E-state index contributed by atoms with van der Waals surface area (Å²) in [6.45, 7) is 0.305. The van der Waals surface area contributed by atoms with Gasteiger partial charge in [-0.2, -0.15) is 0 Å². The highest BCUT2D eigenvalue weighted by atomic mass is 16.6. The van der Waals surface area contributed by atoms with E-state index in [1.807, 2.05) is 25.1 Å². The van der Waals surface area contributed by atoms with Crippen molar-refractivity contribution in [2.45, 2.75) is 6.04 Å². The van der Waals surface area contributed by atoms with Crippen LogP contribution in [0.2, 0.25) is 0 Å². The summed E-state index contributed by atoms with van der Waals surface area (Å²) in [5, 5.41) is 13.8. The molecule has 2 rings (SSSR count). The average Bonchev–Trinajstić information content (AvgIpc) is 3.08. The Balaban J connectivity index is 2.12. The molecule has 0 spiro atoms. The van der Waals surface area contributed by atoms with E-state index in [0.717, 1.165) is 5.76 Å². The number of hydrogen-bond acceptors (Lipinski definition) is 6. The first-order valence-corrected chi connectivity index (χ1v) is 7.24. The molecule has 0 radical (unpaired) electrons. The van der Waals surface area contributed by atoms with Crippen LogP contribution >= 0.6 is 0 Å². The molecule has 2 aromatic rings. The van der Waals surface area contributed by atoms with Gasteiger partial charge in [-0.25, -0.2) is 0 Å². The molecule has 1 aromatic heterocycles. The second-order valence-electron chi connectivity index (χ2n) is 5.35. The number of nitro groups is 1. The molecule has 0 aliphatic heterocycles. The zero-order valence-electron chi connectivity index (χ0n) is 13.7. The van der Waals surface area contributed by atoms with Gasteiger partial charge < -0.3 is 14.5 Å². The second-order valence-corrected chi connectivity index (χ2v) is 5.35. The molecule has 1 atom stereocenters. The zero-order valence-corrected chi connectivity index (χ0v) is 13.7. The van der Waals surface area contributed by atoms with Crippen LogP contribution in [0.25, 0.3) is 0 Å². The quantitative estimate of drug-likeness (QED) is 0.616. The van der Waals surface area contributed by atoms with Crippen LogP contribution in [-0.4, -0.2) is 43.5 Å². The van der Waals surface area contributed by atoms with Gasteiger partial charge in [0, 0.05) is 18.2 Å². The number of rotatable bonds is 7. The Hall–Kier alpha value is -2.87. The Morgan fingerprint density at radius 3 is 2.71 bits per heavy atom. The highest BCUT2D eigenvalue weighted by Crippen LogP contribution is 2.27. The second kappa shape index (κ2) is 7.60. The number of benzene rings is 1. The third kappa shape index (κ3) is 3.90. The van der Waals surface area contributed by atoms with E-state index in [-0.39, 0.29) is 23.0 Å². The van der Waals surface area contributed by atoms with E-state index in [0.29, 0.717) is 6.54 Å². The maximum absolute atomic E-state index is 12.3. The number of amides is 1. The standard InChI is InChI=1S/C16H19N3O5/c1-18(2)13(15-5-4-8-24-15)10-17-16(20)11-6-7-14(23-3)12(9-11)19(21)22/h4-9,13H,10H2,1-3H3,(H,17,20)/t13-/m0/s1. The van der Waals surface area contributed by atoms with E-state index in [4.69, 9.17) is 9.15 Å². The lowest BCUT2D eigenvalue weighted by atomic mass is 10.1. The van der Waals surface area contributed by atoms with E-state index in [2.05, 4.69) is 5.32 Å². The Morgan fingerprint density at radius 2 is 2.17 bits per heavy atom. The molecule has 24 heavy (non-hydrogen) atoms. The number of carbonyl (C=O) groups excluding carboxylic acids is 1. The average molecular weight is 333 g/mol. The van der Waals surface area contributed by atoms with Crippen LogP contribution in [0.1, 0.15) is 22.2 Å². The molecule has 1 aromatic carbocycles. The van der Waals surface area contributed by atoms with Gasteiger partial charge in [0.2, 0.25) is 0 Å². The smallest absolute Gasteiger partial charge is 0.311 e. The van der Waals surface area contributed by atoms with Crippen LogP contribution in [0.3, 0.4) is 0 Å². The molecule has 8 heteroatoms. The topological polar surface area (TPSA) is 97.8 Å². The lowest BCUT2D eigenvalue weighted by molar-refractivity contribution is -0.385. The summed E-state index contributed by atoms with van der Waals surface area (Å²) < 4.78 is 10.3. The number of nitrogens with one attached hydrogen (secondary N) is 1. The zero-order chi connectivity index (χ0) is 17.7. The van der Waals surface area contributed by atoms with Gasteiger partial charge >= 0.3 is 5.69 Å². The number of carbonyl (C=O) groups is 1. The SMILES string of the molecule is COc1ccc(C(=O)NC[C@@H](c2ccco2)N(C)C)cc1[N+](=O)[O-]. The highest BCUT2D eigenvalue weighted by molar-refractivity contribution is 5.95. The fraction of sp³-hybridized carbons (Fsp3) is 0.312. The number of methoxy groups -OCH3 is 1. The molecule has 0 aliphatic rings. The van der Waals surface area contributed by atoms with Crippen molar-refractivity contribution in [1.82, 2.24) is 10.2 Å². The summed E-state index contributed by atoms with van der Waals surface area (Å²) in [5.41, 5.74) is -0.0557. The van der Waals surface area contributed by atoms with E-state index >= 15 is 0 Å². The first kappa shape index (κ1) is 17.5. The summed E-state index contributed by atoms with van der Waals surface area (Å²) in [7, 11) is 5.09. The molecular weight excluding hydrogens is 314 g/mol. The van der Waals surface area contributed by atoms with E-state index in [1.165, 1.54) is 25.3 Å². The molecule has 1 amide bonds. The van der Waals surface area contributed by atoms with Crippen molar-refractivity contribution >= 4 is 11.6 Å². The van der Waals surface area contributed by atoms with Crippen molar-refractivity contribution in [3.63, 3.8) is 0 Å². The van der Waals surface area contributed by atoms with Crippen LogP contribution in [0.15, 0.2) is 41.0 Å². The van der Waals surface area contributed by atoms with Gasteiger partial charge in [-0.15, -0.1) is 0 Å². The van der Waals surface area contributed by atoms with Gasteiger partial charge in [0.1, 0.15) is 5.76 Å². The van der Waals surface area contributed by atoms with Gasteiger partial charge in [-0.3, -0.25) is 19.8 Å². The van der Waals surface area contributed by atoms with Gasteiger partial charge in [0.15, 0.2) is 5.75 Å². The Bertz CT molecular complexity index is 713. The molecule has 0 bridgehead atoms. The van der Waals surface area contributed by atoms with Gasteiger partial charge in [-0.05, 0) is 38.4 Å². The molecule has 8 nitrogen and oxygen atoms in total. The van der Waals surface area contributed by atoms with Crippen molar-refractivity contribution in [3.05, 3.63) is 58.0 Å². The lowest BCUT2D eigenvalue weighted by Gasteiger charge is -2.22. The molecule has 1 heterocycles. The Kier molecular flexibility index (Phi) is 5.54. The van der Waals surface area contributed by atoms with Crippen molar-refractivity contribution in [2.75, 3.05) is 27.7 Å². The number of furan rings is 1. The molecule has 0 unspecified atom stereocenters. The molecule has 128 valence electrons. The van der Waals surface area contributed by atoms with Crippen molar-refractivity contribution in [2.24, 2.45) is 0 Å². The molecule has 1 N–H and O–H groups in total. The van der Waals surface area contributed by atoms with Crippen molar-refractivity contribution in [3.8, 4) is 5.75 Å². The summed E-state index contributed by atoms with van der Waals surface area (Å²) in [6.07, 6.45) is 1.57. The van der Waals surface area contributed by atoms with E-state index in [9.17, 15) is 14.9 Å².